The highest BCUT2D eigenvalue weighted by molar-refractivity contribution is 9.10. The van der Waals surface area contributed by atoms with E-state index in [2.05, 4.69) is 33.0 Å². The summed E-state index contributed by atoms with van der Waals surface area (Å²) in [4.78, 5) is 12.4. The summed E-state index contributed by atoms with van der Waals surface area (Å²) in [7, 11) is -2.23. The van der Waals surface area contributed by atoms with E-state index in [0.29, 0.717) is 33.2 Å². The lowest BCUT2D eigenvalue weighted by molar-refractivity contribution is -0.119. The van der Waals surface area contributed by atoms with Crippen molar-refractivity contribution in [1.29, 1.82) is 0 Å². The van der Waals surface area contributed by atoms with Crippen molar-refractivity contribution in [2.45, 2.75) is 6.92 Å². The first-order chi connectivity index (χ1) is 15.1. The first-order valence-electron chi connectivity index (χ1n) is 9.23. The van der Waals surface area contributed by atoms with Gasteiger partial charge >= 0.3 is 0 Å². The molecule has 0 aliphatic carbocycles. The van der Waals surface area contributed by atoms with Crippen molar-refractivity contribution >= 4 is 55.4 Å². The van der Waals surface area contributed by atoms with E-state index in [1.54, 1.807) is 37.3 Å². The van der Waals surface area contributed by atoms with Gasteiger partial charge in [0.05, 0.1) is 29.7 Å². The Morgan fingerprint density at radius 1 is 1.34 bits per heavy atom. The van der Waals surface area contributed by atoms with Crippen molar-refractivity contribution in [2.75, 3.05) is 30.8 Å². The largest absolute Gasteiger partial charge is 0.493 e. The van der Waals surface area contributed by atoms with E-state index in [0.717, 1.165) is 16.1 Å². The van der Waals surface area contributed by atoms with Crippen LogP contribution in [0.2, 0.25) is 5.02 Å². The Balaban J connectivity index is 2.14. The smallest absolute Gasteiger partial charge is 0.260 e. The van der Waals surface area contributed by atoms with Crippen LogP contribution in [0.4, 0.5) is 5.69 Å². The third-order valence-electron chi connectivity index (χ3n) is 4.13. The Labute approximate surface area is 201 Å². The second-order valence-corrected chi connectivity index (χ2v) is 9.80. The molecular formula is C21H23BrClN3O5S. The van der Waals surface area contributed by atoms with E-state index in [1.807, 2.05) is 0 Å². The van der Waals surface area contributed by atoms with Crippen molar-refractivity contribution in [3.8, 4) is 11.5 Å². The predicted octanol–water partition coefficient (Wildman–Crippen LogP) is 3.90. The molecule has 0 aromatic heterocycles. The second-order valence-electron chi connectivity index (χ2n) is 6.63. The summed E-state index contributed by atoms with van der Waals surface area (Å²) >= 11 is 9.51. The number of nitrogens with zero attached hydrogens (tertiary/aromatic N) is 2. The van der Waals surface area contributed by atoms with Crippen LogP contribution >= 0.6 is 27.5 Å². The number of methoxy groups -OCH3 is 1. The summed E-state index contributed by atoms with van der Waals surface area (Å²) in [5.74, 6) is 0.350. The van der Waals surface area contributed by atoms with E-state index in [4.69, 9.17) is 21.1 Å². The van der Waals surface area contributed by atoms with Crippen molar-refractivity contribution in [3.63, 3.8) is 0 Å². The molecule has 0 unspecified atom stereocenters. The van der Waals surface area contributed by atoms with Crippen molar-refractivity contribution in [2.24, 2.45) is 5.10 Å². The zero-order valence-electron chi connectivity index (χ0n) is 17.8. The molecule has 1 amide bonds. The van der Waals surface area contributed by atoms with Gasteiger partial charge in [-0.1, -0.05) is 30.3 Å². The lowest BCUT2D eigenvalue weighted by Crippen LogP contribution is -2.39. The molecule has 32 heavy (non-hydrogen) atoms. The number of benzene rings is 2. The van der Waals surface area contributed by atoms with Gasteiger partial charge in [0.15, 0.2) is 11.5 Å². The van der Waals surface area contributed by atoms with E-state index < -0.39 is 22.5 Å². The van der Waals surface area contributed by atoms with Crippen molar-refractivity contribution < 1.29 is 22.7 Å². The number of hydrazone groups is 1. The van der Waals surface area contributed by atoms with Crippen molar-refractivity contribution in [1.82, 2.24) is 5.43 Å². The van der Waals surface area contributed by atoms with Gasteiger partial charge in [0, 0.05) is 5.02 Å². The molecule has 11 heteroatoms. The number of amides is 1. The van der Waals surface area contributed by atoms with Crippen LogP contribution in [-0.2, 0) is 14.8 Å². The fraction of sp³-hybridized carbons (Fsp3) is 0.238. The minimum absolute atomic E-state index is 0.283. The van der Waals surface area contributed by atoms with Gasteiger partial charge in [0.1, 0.15) is 13.2 Å². The fourth-order valence-corrected chi connectivity index (χ4v) is 4.18. The zero-order valence-corrected chi connectivity index (χ0v) is 20.9. The topological polar surface area (TPSA) is 97.3 Å². The molecule has 2 rings (SSSR count). The predicted molar refractivity (Wildman–Crippen MR) is 131 cm³/mol. The van der Waals surface area contributed by atoms with E-state index in [1.165, 1.54) is 19.4 Å². The SMILES string of the molecule is C=CCOc1c(Br)cc(/C=N\NC(=O)CN(c2ccc(C)c(Cl)c2)S(C)(=O)=O)cc1OC. The number of carbonyl (C=O) groups excluding carboxylic acids is 1. The summed E-state index contributed by atoms with van der Waals surface area (Å²) in [6, 6.07) is 8.16. The summed E-state index contributed by atoms with van der Waals surface area (Å²) < 4.78 is 36.9. The first kappa shape index (κ1) is 25.7. The highest BCUT2D eigenvalue weighted by Crippen LogP contribution is 2.36. The highest BCUT2D eigenvalue weighted by atomic mass is 79.9. The van der Waals surface area contributed by atoms with E-state index >= 15 is 0 Å². The number of aryl methyl sites for hydroxylation is 1. The molecule has 2 aromatic carbocycles. The molecule has 0 spiro atoms. The maximum Gasteiger partial charge on any atom is 0.260 e. The molecule has 8 nitrogen and oxygen atoms in total. The average Bonchev–Trinajstić information content (AvgIpc) is 2.72. The summed E-state index contributed by atoms with van der Waals surface area (Å²) in [6.07, 6.45) is 4.02. The van der Waals surface area contributed by atoms with Crippen LogP contribution in [0.25, 0.3) is 0 Å². The number of rotatable bonds is 10. The summed E-state index contributed by atoms with van der Waals surface area (Å²) in [5, 5.41) is 4.30. The van der Waals surface area contributed by atoms with Crippen LogP contribution in [-0.4, -0.2) is 47.1 Å². The Morgan fingerprint density at radius 3 is 2.66 bits per heavy atom. The van der Waals surface area contributed by atoms with Gasteiger partial charge in [-0.2, -0.15) is 5.10 Å². The monoisotopic (exact) mass is 543 g/mol. The summed E-state index contributed by atoms with van der Waals surface area (Å²) in [6.45, 7) is 5.25. The van der Waals surface area contributed by atoms with Crippen LogP contribution in [0.1, 0.15) is 11.1 Å². The maximum absolute atomic E-state index is 12.4. The number of nitrogens with one attached hydrogen (secondary N) is 1. The number of hydrogen-bond acceptors (Lipinski definition) is 6. The Hall–Kier alpha value is -2.56. The standard InChI is InChI=1S/C21H23BrClN3O5S/c1-5-8-31-21-17(22)9-15(10-19(21)30-3)12-24-25-20(27)13-26(32(4,28)29)16-7-6-14(2)18(23)11-16/h5-7,9-12H,1,8,13H2,2-4H3,(H,25,27)/b24-12-. The van der Waals surface area contributed by atoms with Gasteiger partial charge in [-0.25, -0.2) is 13.8 Å². The second kappa shape index (κ2) is 11.3. The van der Waals surface area contributed by atoms with Gasteiger partial charge in [-0.05, 0) is 58.2 Å². The number of anilines is 1. The quantitative estimate of drug-likeness (QED) is 0.278. The molecule has 0 aliphatic heterocycles. The molecule has 0 atom stereocenters. The molecule has 0 radical (unpaired) electrons. The number of sulfonamides is 1. The number of carbonyl (C=O) groups is 1. The van der Waals surface area contributed by atoms with Gasteiger partial charge < -0.3 is 9.47 Å². The van der Waals surface area contributed by atoms with Crippen LogP contribution in [0, 0.1) is 6.92 Å². The lowest BCUT2D eigenvalue weighted by atomic mass is 10.2. The van der Waals surface area contributed by atoms with Gasteiger partial charge in [-0.15, -0.1) is 0 Å². The van der Waals surface area contributed by atoms with Gasteiger partial charge in [0.2, 0.25) is 10.0 Å². The zero-order chi connectivity index (χ0) is 23.9. The minimum atomic E-state index is -3.73. The molecule has 0 saturated carbocycles. The first-order valence-corrected chi connectivity index (χ1v) is 12.3. The summed E-state index contributed by atoms with van der Waals surface area (Å²) in [5.41, 5.74) is 4.02. The number of ether oxygens (including phenoxy) is 2. The highest BCUT2D eigenvalue weighted by Gasteiger charge is 2.21. The normalized spacial score (nSPS) is 11.3. The number of halogens is 2. The Bertz CT molecular complexity index is 1140. The fourth-order valence-electron chi connectivity index (χ4n) is 2.58. The third kappa shape index (κ3) is 6.98. The van der Waals surface area contributed by atoms with Crippen LogP contribution < -0.4 is 19.2 Å². The van der Waals surface area contributed by atoms with Crippen LogP contribution in [0.15, 0.2) is 52.6 Å². The van der Waals surface area contributed by atoms with E-state index in [9.17, 15) is 13.2 Å². The third-order valence-corrected chi connectivity index (χ3v) is 6.27. The number of hydrogen-bond donors (Lipinski definition) is 1. The molecule has 0 aliphatic rings. The molecular weight excluding hydrogens is 522 g/mol. The minimum Gasteiger partial charge on any atom is -0.493 e. The lowest BCUT2D eigenvalue weighted by Gasteiger charge is -2.21. The molecule has 0 saturated heterocycles. The molecule has 0 bridgehead atoms. The average molecular weight is 545 g/mol. The van der Waals surface area contributed by atoms with Crippen molar-refractivity contribution in [3.05, 3.63) is 63.6 Å². The Morgan fingerprint density at radius 2 is 2.06 bits per heavy atom. The molecule has 0 fully saturated rings. The molecule has 1 N–H and O–H groups in total. The molecule has 172 valence electrons. The maximum atomic E-state index is 12.4. The van der Waals surface area contributed by atoms with Crippen LogP contribution in [0.3, 0.4) is 0 Å². The van der Waals surface area contributed by atoms with Gasteiger partial charge in [-0.3, -0.25) is 9.10 Å². The Kier molecular flexibility index (Phi) is 9.11. The van der Waals surface area contributed by atoms with Crippen LogP contribution in [0.5, 0.6) is 11.5 Å². The molecule has 0 heterocycles. The van der Waals surface area contributed by atoms with E-state index in [-0.39, 0.29) is 5.69 Å². The molecule has 2 aromatic rings. The van der Waals surface area contributed by atoms with Gasteiger partial charge in [0.25, 0.3) is 5.91 Å².